The van der Waals surface area contributed by atoms with E-state index in [1.54, 1.807) is 7.11 Å². The van der Waals surface area contributed by atoms with Crippen molar-refractivity contribution < 1.29 is 19.3 Å². The lowest BCUT2D eigenvalue weighted by atomic mass is 10.2. The lowest BCUT2D eigenvalue weighted by Crippen LogP contribution is -2.24. The van der Waals surface area contributed by atoms with Crippen LogP contribution in [0.2, 0.25) is 0 Å². The number of aliphatic hydroxyl groups is 1. The third-order valence-electron chi connectivity index (χ3n) is 5.20. The van der Waals surface area contributed by atoms with Gasteiger partial charge in [-0.15, -0.1) is 0 Å². The quantitative estimate of drug-likeness (QED) is 0.345. The van der Waals surface area contributed by atoms with Crippen LogP contribution < -0.4 is 30.2 Å². The zero-order chi connectivity index (χ0) is 23.0. The van der Waals surface area contributed by atoms with Crippen LogP contribution in [-0.2, 0) is 13.1 Å². The van der Waals surface area contributed by atoms with Gasteiger partial charge in [-0.25, -0.2) is 0 Å². The molecule has 0 saturated heterocycles. The van der Waals surface area contributed by atoms with Gasteiger partial charge < -0.3 is 35.3 Å². The summed E-state index contributed by atoms with van der Waals surface area (Å²) < 4.78 is 16.2. The summed E-state index contributed by atoms with van der Waals surface area (Å²) in [7, 11) is 1.64. The standard InChI is InChI=1S/C23H28N6O4/c1-3-17(13-30)26-23-28-21(24-11-15-8-9-19-20(10-15)33-14-32-19)27-22(29-23)25-12-16-6-4-5-7-18(16)31-2/h4-10,17,30H,3,11-14H2,1-2H3,(H3,24,25,26,27,28,29)/t17-/m1/s1. The monoisotopic (exact) mass is 452 g/mol. The first-order chi connectivity index (χ1) is 16.2. The van der Waals surface area contributed by atoms with Gasteiger partial charge in [0, 0.05) is 18.7 Å². The average molecular weight is 453 g/mol. The van der Waals surface area contributed by atoms with E-state index in [1.165, 1.54) is 0 Å². The number of hydrogen-bond donors (Lipinski definition) is 4. The molecule has 10 heteroatoms. The number of ether oxygens (including phenoxy) is 3. The van der Waals surface area contributed by atoms with Gasteiger partial charge in [-0.3, -0.25) is 0 Å². The first kappa shape index (κ1) is 22.4. The Morgan fingerprint density at radius 1 is 0.970 bits per heavy atom. The summed E-state index contributed by atoms with van der Waals surface area (Å²) in [6.07, 6.45) is 0.728. The maximum atomic E-state index is 9.56. The summed E-state index contributed by atoms with van der Waals surface area (Å²) in [6.45, 7) is 3.16. The number of benzene rings is 2. The van der Waals surface area contributed by atoms with Crippen LogP contribution in [0.1, 0.15) is 24.5 Å². The molecule has 33 heavy (non-hydrogen) atoms. The fraction of sp³-hybridized carbons (Fsp3) is 0.348. The van der Waals surface area contributed by atoms with Gasteiger partial charge in [0.2, 0.25) is 24.6 Å². The Hall–Kier alpha value is -3.79. The van der Waals surface area contributed by atoms with Gasteiger partial charge in [-0.2, -0.15) is 15.0 Å². The van der Waals surface area contributed by atoms with Gasteiger partial charge in [0.05, 0.1) is 19.8 Å². The lowest BCUT2D eigenvalue weighted by Gasteiger charge is -2.16. The maximum Gasteiger partial charge on any atom is 0.231 e. The maximum absolute atomic E-state index is 9.56. The van der Waals surface area contributed by atoms with Crippen molar-refractivity contribution in [3.63, 3.8) is 0 Å². The molecular weight excluding hydrogens is 424 g/mol. The number of aliphatic hydroxyl groups excluding tert-OH is 1. The van der Waals surface area contributed by atoms with Crippen LogP contribution in [0.5, 0.6) is 17.2 Å². The van der Waals surface area contributed by atoms with Crippen molar-refractivity contribution in [2.24, 2.45) is 0 Å². The SMILES string of the molecule is CC[C@H](CO)Nc1nc(NCc2ccc3c(c2)OCO3)nc(NCc2ccccc2OC)n1. The number of fused-ring (bicyclic) bond motifs is 1. The third-order valence-corrected chi connectivity index (χ3v) is 5.20. The molecule has 1 aromatic heterocycles. The van der Waals surface area contributed by atoms with Crippen molar-refractivity contribution in [3.8, 4) is 17.2 Å². The number of nitrogens with zero attached hydrogens (tertiary/aromatic N) is 3. The van der Waals surface area contributed by atoms with E-state index in [-0.39, 0.29) is 19.4 Å². The summed E-state index contributed by atoms with van der Waals surface area (Å²) in [6, 6.07) is 13.4. The predicted octanol–water partition coefficient (Wildman–Crippen LogP) is 3.02. The molecule has 3 aromatic rings. The lowest BCUT2D eigenvalue weighted by molar-refractivity contribution is 0.174. The second-order valence-corrected chi connectivity index (χ2v) is 7.44. The molecule has 4 N–H and O–H groups in total. The molecule has 0 amide bonds. The Balaban J connectivity index is 1.50. The van der Waals surface area contributed by atoms with Crippen LogP contribution in [0.15, 0.2) is 42.5 Å². The molecule has 0 spiro atoms. The molecular formula is C23H28N6O4. The van der Waals surface area contributed by atoms with Gasteiger partial charge in [0.1, 0.15) is 5.75 Å². The molecule has 1 aliphatic heterocycles. The summed E-state index contributed by atoms with van der Waals surface area (Å²) in [5.74, 6) is 3.43. The Morgan fingerprint density at radius 2 is 1.70 bits per heavy atom. The van der Waals surface area contributed by atoms with Gasteiger partial charge in [0.15, 0.2) is 11.5 Å². The molecule has 1 atom stereocenters. The van der Waals surface area contributed by atoms with Crippen LogP contribution in [0.3, 0.4) is 0 Å². The van der Waals surface area contributed by atoms with E-state index in [2.05, 4.69) is 30.9 Å². The van der Waals surface area contributed by atoms with E-state index in [1.807, 2.05) is 49.4 Å². The highest BCUT2D eigenvalue weighted by Gasteiger charge is 2.14. The average Bonchev–Trinajstić information content (AvgIpc) is 3.33. The van der Waals surface area contributed by atoms with Crippen molar-refractivity contribution in [1.29, 1.82) is 0 Å². The van der Waals surface area contributed by atoms with Gasteiger partial charge >= 0.3 is 0 Å². The fourth-order valence-electron chi connectivity index (χ4n) is 3.31. The Morgan fingerprint density at radius 3 is 2.45 bits per heavy atom. The molecule has 0 radical (unpaired) electrons. The molecule has 2 aromatic carbocycles. The van der Waals surface area contributed by atoms with Crippen molar-refractivity contribution >= 4 is 17.8 Å². The zero-order valence-electron chi connectivity index (χ0n) is 18.7. The number of methoxy groups -OCH3 is 1. The molecule has 174 valence electrons. The van der Waals surface area contributed by atoms with E-state index in [4.69, 9.17) is 14.2 Å². The number of rotatable bonds is 11. The molecule has 0 aliphatic carbocycles. The highest BCUT2D eigenvalue weighted by molar-refractivity contribution is 5.47. The molecule has 0 bridgehead atoms. The Bertz CT molecular complexity index is 1080. The number of aromatic nitrogens is 3. The molecule has 1 aliphatic rings. The van der Waals surface area contributed by atoms with Crippen molar-refractivity contribution in [2.45, 2.75) is 32.5 Å². The first-order valence-corrected chi connectivity index (χ1v) is 10.8. The smallest absolute Gasteiger partial charge is 0.231 e. The molecule has 10 nitrogen and oxygen atoms in total. The molecule has 0 saturated carbocycles. The van der Waals surface area contributed by atoms with E-state index in [9.17, 15) is 5.11 Å². The minimum Gasteiger partial charge on any atom is -0.496 e. The van der Waals surface area contributed by atoms with Crippen molar-refractivity contribution in [2.75, 3.05) is 36.5 Å². The topological polar surface area (TPSA) is 123 Å². The summed E-state index contributed by atoms with van der Waals surface area (Å²) >= 11 is 0. The number of anilines is 3. The zero-order valence-corrected chi connectivity index (χ0v) is 18.7. The molecule has 2 heterocycles. The van der Waals surface area contributed by atoms with Crippen LogP contribution in [0.4, 0.5) is 17.8 Å². The third kappa shape index (κ3) is 5.72. The van der Waals surface area contributed by atoms with Crippen molar-refractivity contribution in [1.82, 2.24) is 15.0 Å². The van der Waals surface area contributed by atoms with Crippen LogP contribution >= 0.6 is 0 Å². The highest BCUT2D eigenvalue weighted by atomic mass is 16.7. The predicted molar refractivity (Wildman–Crippen MR) is 125 cm³/mol. The number of nitrogens with one attached hydrogen (secondary N) is 3. The van der Waals surface area contributed by atoms with Crippen molar-refractivity contribution in [3.05, 3.63) is 53.6 Å². The van der Waals surface area contributed by atoms with E-state index >= 15 is 0 Å². The molecule has 0 fully saturated rings. The molecule has 4 rings (SSSR count). The Kier molecular flexibility index (Phi) is 7.26. The Labute approximate surface area is 192 Å². The van der Waals surface area contributed by atoms with E-state index in [0.717, 1.165) is 34.8 Å². The minimum atomic E-state index is -0.156. The molecule has 0 unspecified atom stereocenters. The minimum absolute atomic E-state index is 0.0217. The number of hydrogen-bond acceptors (Lipinski definition) is 10. The van der Waals surface area contributed by atoms with E-state index < -0.39 is 0 Å². The largest absolute Gasteiger partial charge is 0.496 e. The summed E-state index contributed by atoms with van der Waals surface area (Å²) in [4.78, 5) is 13.4. The van der Waals surface area contributed by atoms with Crippen LogP contribution in [0, 0.1) is 0 Å². The van der Waals surface area contributed by atoms with Crippen LogP contribution in [0.25, 0.3) is 0 Å². The second kappa shape index (κ2) is 10.7. The first-order valence-electron chi connectivity index (χ1n) is 10.8. The second-order valence-electron chi connectivity index (χ2n) is 7.44. The van der Waals surface area contributed by atoms with Crippen LogP contribution in [-0.4, -0.2) is 46.6 Å². The van der Waals surface area contributed by atoms with E-state index in [0.29, 0.717) is 30.9 Å². The summed E-state index contributed by atoms with van der Waals surface area (Å²) in [5, 5.41) is 19.2. The van der Waals surface area contributed by atoms with Gasteiger partial charge in [0.25, 0.3) is 0 Å². The fourth-order valence-corrected chi connectivity index (χ4v) is 3.31. The van der Waals surface area contributed by atoms with Gasteiger partial charge in [-0.1, -0.05) is 31.2 Å². The summed E-state index contributed by atoms with van der Waals surface area (Å²) in [5.41, 5.74) is 1.98. The highest BCUT2D eigenvalue weighted by Crippen LogP contribution is 2.32. The van der Waals surface area contributed by atoms with Gasteiger partial charge in [-0.05, 0) is 30.2 Å². The normalized spacial score (nSPS) is 12.8. The number of para-hydroxylation sites is 1.